The van der Waals surface area contributed by atoms with Crippen molar-refractivity contribution >= 4 is 11.6 Å². The van der Waals surface area contributed by atoms with Crippen LogP contribution in [-0.2, 0) is 0 Å². The summed E-state index contributed by atoms with van der Waals surface area (Å²) in [6.07, 6.45) is 1.58. The number of anilines is 1. The molecule has 0 unspecified atom stereocenters. The number of nitrogens with one attached hydrogen (secondary N) is 1. The van der Waals surface area contributed by atoms with Gasteiger partial charge in [0.15, 0.2) is 0 Å². The molecule has 1 N–H and O–H groups in total. The summed E-state index contributed by atoms with van der Waals surface area (Å²) in [5.41, 5.74) is 5.29. The van der Waals surface area contributed by atoms with Crippen molar-refractivity contribution in [2.24, 2.45) is 0 Å². The van der Waals surface area contributed by atoms with Gasteiger partial charge in [0, 0.05) is 37.6 Å². The highest BCUT2D eigenvalue weighted by Gasteiger charge is 2.25. The highest BCUT2D eigenvalue weighted by Crippen LogP contribution is 2.24. The van der Waals surface area contributed by atoms with Gasteiger partial charge in [0.25, 0.3) is 5.91 Å². The van der Waals surface area contributed by atoms with Crippen LogP contribution in [-0.4, -0.2) is 47.0 Å². The fourth-order valence-corrected chi connectivity index (χ4v) is 2.95. The van der Waals surface area contributed by atoms with E-state index in [0.717, 1.165) is 31.9 Å². The molecule has 2 aromatic rings. The van der Waals surface area contributed by atoms with Crippen molar-refractivity contribution in [3.63, 3.8) is 0 Å². The third-order valence-corrected chi connectivity index (χ3v) is 4.52. The van der Waals surface area contributed by atoms with Gasteiger partial charge in [0.1, 0.15) is 5.69 Å². The molecule has 0 bridgehead atoms. The van der Waals surface area contributed by atoms with Gasteiger partial charge in [-0.05, 0) is 38.0 Å². The minimum Gasteiger partial charge on any atom is -0.368 e. The van der Waals surface area contributed by atoms with Crippen LogP contribution in [0.1, 0.15) is 27.3 Å². The van der Waals surface area contributed by atoms with Crippen LogP contribution >= 0.6 is 0 Å². The molecule has 22 heavy (non-hydrogen) atoms. The zero-order chi connectivity index (χ0) is 15.7. The van der Waals surface area contributed by atoms with Crippen molar-refractivity contribution in [3.05, 3.63) is 47.0 Å². The molecule has 5 heteroatoms. The monoisotopic (exact) mass is 298 g/mol. The Morgan fingerprint density at radius 2 is 1.86 bits per heavy atom. The number of hydrogen-bond donors (Lipinski definition) is 1. The number of imidazole rings is 1. The molecule has 1 aliphatic heterocycles. The Bertz CT molecular complexity index is 684. The van der Waals surface area contributed by atoms with Gasteiger partial charge in [0.05, 0.1) is 6.33 Å². The number of aromatic nitrogens is 2. The summed E-state index contributed by atoms with van der Waals surface area (Å²) >= 11 is 0. The quantitative estimate of drug-likeness (QED) is 0.925. The lowest BCUT2D eigenvalue weighted by Crippen LogP contribution is -2.49. The van der Waals surface area contributed by atoms with E-state index in [1.807, 2.05) is 11.8 Å². The van der Waals surface area contributed by atoms with Crippen LogP contribution in [0, 0.1) is 20.8 Å². The lowest BCUT2D eigenvalue weighted by molar-refractivity contribution is 0.0740. The van der Waals surface area contributed by atoms with Crippen molar-refractivity contribution in [3.8, 4) is 0 Å². The van der Waals surface area contributed by atoms with Gasteiger partial charge in [-0.3, -0.25) is 4.79 Å². The topological polar surface area (TPSA) is 52.2 Å². The molecule has 0 aliphatic carbocycles. The summed E-state index contributed by atoms with van der Waals surface area (Å²) in [7, 11) is 0. The van der Waals surface area contributed by atoms with Gasteiger partial charge in [-0.2, -0.15) is 0 Å². The Hall–Kier alpha value is -2.30. The number of hydrogen-bond acceptors (Lipinski definition) is 3. The zero-order valence-corrected chi connectivity index (χ0v) is 13.4. The van der Waals surface area contributed by atoms with E-state index < -0.39 is 0 Å². The Kier molecular flexibility index (Phi) is 3.88. The number of piperazine rings is 1. The maximum Gasteiger partial charge on any atom is 0.274 e. The number of nitrogens with zero attached hydrogens (tertiary/aromatic N) is 3. The van der Waals surface area contributed by atoms with Gasteiger partial charge in [0.2, 0.25) is 0 Å². The molecule has 1 saturated heterocycles. The summed E-state index contributed by atoms with van der Waals surface area (Å²) < 4.78 is 0. The summed E-state index contributed by atoms with van der Waals surface area (Å²) in [5.74, 6) is 0.0272. The first-order chi connectivity index (χ1) is 10.6. The van der Waals surface area contributed by atoms with Crippen LogP contribution in [0.15, 0.2) is 24.5 Å². The number of benzene rings is 1. The first-order valence-electron chi connectivity index (χ1n) is 7.68. The molecular formula is C17H22N4O. The standard InChI is InChI=1S/C17H22N4O/c1-12-5-4-6-15(13(12)2)20-7-9-21(10-8-20)17(22)16-14(3)18-11-19-16/h4-6,11H,7-10H2,1-3H3,(H,18,19). The van der Waals surface area contributed by atoms with Crippen LogP contribution in [0.3, 0.4) is 0 Å². The molecular weight excluding hydrogens is 276 g/mol. The van der Waals surface area contributed by atoms with E-state index >= 15 is 0 Å². The summed E-state index contributed by atoms with van der Waals surface area (Å²) in [6, 6.07) is 6.40. The maximum atomic E-state index is 12.5. The van der Waals surface area contributed by atoms with E-state index in [9.17, 15) is 4.79 Å². The molecule has 1 fully saturated rings. The lowest BCUT2D eigenvalue weighted by atomic mass is 10.1. The average molecular weight is 298 g/mol. The third kappa shape index (κ3) is 2.58. The molecule has 5 nitrogen and oxygen atoms in total. The predicted molar refractivity (Wildman–Crippen MR) is 87.4 cm³/mol. The minimum absolute atomic E-state index is 0.0272. The van der Waals surface area contributed by atoms with E-state index in [-0.39, 0.29) is 5.91 Å². The van der Waals surface area contributed by atoms with Gasteiger partial charge in [-0.15, -0.1) is 0 Å². The van der Waals surface area contributed by atoms with E-state index in [4.69, 9.17) is 0 Å². The van der Waals surface area contributed by atoms with Gasteiger partial charge in [-0.25, -0.2) is 4.98 Å². The van der Waals surface area contributed by atoms with Crippen LogP contribution in [0.5, 0.6) is 0 Å². The van der Waals surface area contributed by atoms with Crippen LogP contribution in [0.25, 0.3) is 0 Å². The summed E-state index contributed by atoms with van der Waals surface area (Å²) in [5, 5.41) is 0. The minimum atomic E-state index is 0.0272. The first kappa shape index (κ1) is 14.6. The molecule has 2 heterocycles. The van der Waals surface area contributed by atoms with E-state index in [1.54, 1.807) is 6.33 Å². The van der Waals surface area contributed by atoms with Crippen LogP contribution < -0.4 is 4.90 Å². The highest BCUT2D eigenvalue weighted by atomic mass is 16.2. The lowest BCUT2D eigenvalue weighted by Gasteiger charge is -2.36. The smallest absolute Gasteiger partial charge is 0.274 e. The normalized spacial score (nSPS) is 15.2. The van der Waals surface area contributed by atoms with E-state index in [2.05, 4.69) is 46.9 Å². The molecule has 1 aromatic carbocycles. The zero-order valence-electron chi connectivity index (χ0n) is 13.4. The second-order valence-corrected chi connectivity index (χ2v) is 5.87. The number of aromatic amines is 1. The molecule has 0 spiro atoms. The number of carbonyl (C=O) groups is 1. The number of carbonyl (C=O) groups excluding carboxylic acids is 1. The van der Waals surface area contributed by atoms with Crippen molar-refractivity contribution < 1.29 is 4.79 Å². The van der Waals surface area contributed by atoms with E-state index in [0.29, 0.717) is 5.69 Å². The number of aryl methyl sites for hydroxylation is 2. The Labute approximate surface area is 131 Å². The Morgan fingerprint density at radius 1 is 1.14 bits per heavy atom. The molecule has 0 saturated carbocycles. The fraction of sp³-hybridized carbons (Fsp3) is 0.412. The largest absolute Gasteiger partial charge is 0.368 e. The summed E-state index contributed by atoms with van der Waals surface area (Å²) in [6.45, 7) is 9.37. The second kappa shape index (κ2) is 5.83. The average Bonchev–Trinajstić information content (AvgIpc) is 2.96. The predicted octanol–water partition coefficient (Wildman–Crippen LogP) is 2.30. The molecule has 116 valence electrons. The van der Waals surface area contributed by atoms with Crippen LogP contribution in [0.4, 0.5) is 5.69 Å². The Morgan fingerprint density at radius 3 is 2.50 bits per heavy atom. The first-order valence-corrected chi connectivity index (χ1v) is 7.68. The maximum absolute atomic E-state index is 12.5. The van der Waals surface area contributed by atoms with Gasteiger partial charge < -0.3 is 14.8 Å². The van der Waals surface area contributed by atoms with Crippen molar-refractivity contribution in [2.75, 3.05) is 31.1 Å². The highest BCUT2D eigenvalue weighted by molar-refractivity contribution is 5.93. The fourth-order valence-electron chi connectivity index (χ4n) is 2.95. The van der Waals surface area contributed by atoms with Gasteiger partial charge in [-0.1, -0.05) is 12.1 Å². The molecule has 0 atom stereocenters. The van der Waals surface area contributed by atoms with Crippen molar-refractivity contribution in [1.29, 1.82) is 0 Å². The molecule has 1 amide bonds. The number of amides is 1. The van der Waals surface area contributed by atoms with Crippen molar-refractivity contribution in [1.82, 2.24) is 14.9 Å². The second-order valence-electron chi connectivity index (χ2n) is 5.87. The molecule has 1 aliphatic rings. The molecule has 3 rings (SSSR count). The summed E-state index contributed by atoms with van der Waals surface area (Å²) in [4.78, 5) is 23.8. The van der Waals surface area contributed by atoms with Gasteiger partial charge >= 0.3 is 0 Å². The van der Waals surface area contributed by atoms with Crippen LogP contribution in [0.2, 0.25) is 0 Å². The van der Waals surface area contributed by atoms with E-state index in [1.165, 1.54) is 16.8 Å². The number of H-pyrrole nitrogens is 1. The Balaban J connectivity index is 1.69. The SMILES string of the molecule is Cc1cccc(N2CCN(C(=O)c3nc[nH]c3C)CC2)c1C. The number of rotatable bonds is 2. The molecule has 0 radical (unpaired) electrons. The third-order valence-electron chi connectivity index (χ3n) is 4.52. The van der Waals surface area contributed by atoms with Crippen molar-refractivity contribution in [2.45, 2.75) is 20.8 Å². The molecule has 1 aromatic heterocycles.